The molecule has 0 aliphatic heterocycles. The van der Waals surface area contributed by atoms with E-state index in [2.05, 4.69) is 26.8 Å². The Kier molecular flexibility index (Phi) is 4.03. The SMILES string of the molecule is C=CC(=O)Nc1cc(Cn2cnc3cnc(Cl)nc32)ccc1F. The highest BCUT2D eigenvalue weighted by Gasteiger charge is 2.09. The molecule has 23 heavy (non-hydrogen) atoms. The molecule has 1 aromatic carbocycles. The summed E-state index contributed by atoms with van der Waals surface area (Å²) in [6.07, 6.45) is 4.21. The van der Waals surface area contributed by atoms with Crippen molar-refractivity contribution in [3.8, 4) is 0 Å². The number of anilines is 1. The normalized spacial score (nSPS) is 10.7. The van der Waals surface area contributed by atoms with Crippen LogP contribution < -0.4 is 5.32 Å². The van der Waals surface area contributed by atoms with Gasteiger partial charge in [-0.25, -0.2) is 14.4 Å². The molecule has 1 N–H and O–H groups in total. The lowest BCUT2D eigenvalue weighted by Crippen LogP contribution is -2.09. The van der Waals surface area contributed by atoms with Crippen molar-refractivity contribution in [2.75, 3.05) is 5.32 Å². The maximum absolute atomic E-state index is 13.7. The molecule has 8 heteroatoms. The highest BCUT2D eigenvalue weighted by molar-refractivity contribution is 6.28. The second kappa shape index (κ2) is 6.13. The van der Waals surface area contributed by atoms with Gasteiger partial charge in [-0.2, -0.15) is 4.98 Å². The highest BCUT2D eigenvalue weighted by Crippen LogP contribution is 2.19. The van der Waals surface area contributed by atoms with E-state index in [4.69, 9.17) is 11.6 Å². The Morgan fingerprint density at radius 3 is 3.04 bits per heavy atom. The van der Waals surface area contributed by atoms with Crippen LogP contribution in [0.2, 0.25) is 5.28 Å². The van der Waals surface area contributed by atoms with Crippen LogP contribution >= 0.6 is 11.6 Å². The van der Waals surface area contributed by atoms with Crippen molar-refractivity contribution in [3.05, 3.63) is 60.0 Å². The lowest BCUT2D eigenvalue weighted by Gasteiger charge is -2.08. The first-order chi connectivity index (χ1) is 11.1. The molecule has 0 radical (unpaired) electrons. The van der Waals surface area contributed by atoms with Gasteiger partial charge in [0, 0.05) is 0 Å². The lowest BCUT2D eigenvalue weighted by molar-refractivity contribution is -0.111. The molecular weight excluding hydrogens is 321 g/mol. The van der Waals surface area contributed by atoms with E-state index in [0.29, 0.717) is 17.7 Å². The van der Waals surface area contributed by atoms with Crippen LogP contribution in [0, 0.1) is 5.82 Å². The molecule has 116 valence electrons. The van der Waals surface area contributed by atoms with Crippen molar-refractivity contribution < 1.29 is 9.18 Å². The summed E-state index contributed by atoms with van der Waals surface area (Å²) < 4.78 is 15.5. The molecule has 2 heterocycles. The molecule has 0 aliphatic carbocycles. The fraction of sp³-hybridized carbons (Fsp3) is 0.0667. The van der Waals surface area contributed by atoms with Crippen molar-refractivity contribution in [3.63, 3.8) is 0 Å². The zero-order valence-electron chi connectivity index (χ0n) is 11.8. The van der Waals surface area contributed by atoms with Gasteiger partial charge in [0.2, 0.25) is 11.2 Å². The first-order valence-electron chi connectivity index (χ1n) is 6.62. The van der Waals surface area contributed by atoms with Gasteiger partial charge < -0.3 is 9.88 Å². The van der Waals surface area contributed by atoms with Gasteiger partial charge in [-0.1, -0.05) is 12.6 Å². The number of nitrogens with zero attached hydrogens (tertiary/aromatic N) is 4. The number of nitrogens with one attached hydrogen (secondary N) is 1. The first kappa shape index (κ1) is 15.1. The molecule has 6 nitrogen and oxygen atoms in total. The number of aromatic nitrogens is 4. The summed E-state index contributed by atoms with van der Waals surface area (Å²) in [6, 6.07) is 4.45. The van der Waals surface area contributed by atoms with E-state index in [-0.39, 0.29) is 11.0 Å². The van der Waals surface area contributed by atoms with Crippen LogP contribution in [0.15, 0.2) is 43.4 Å². The summed E-state index contributed by atoms with van der Waals surface area (Å²) in [7, 11) is 0. The second-order valence-corrected chi connectivity index (χ2v) is 5.07. The average Bonchev–Trinajstić information content (AvgIpc) is 2.92. The molecule has 0 saturated carbocycles. The summed E-state index contributed by atoms with van der Waals surface area (Å²) >= 11 is 5.80. The Morgan fingerprint density at radius 1 is 1.43 bits per heavy atom. The fourth-order valence-electron chi connectivity index (χ4n) is 2.10. The number of fused-ring (bicyclic) bond motifs is 1. The van der Waals surface area contributed by atoms with Gasteiger partial charge in [0.05, 0.1) is 24.8 Å². The van der Waals surface area contributed by atoms with E-state index in [0.717, 1.165) is 11.6 Å². The van der Waals surface area contributed by atoms with Crippen LogP contribution in [-0.2, 0) is 11.3 Å². The zero-order chi connectivity index (χ0) is 16.4. The summed E-state index contributed by atoms with van der Waals surface area (Å²) in [5.41, 5.74) is 2.03. The van der Waals surface area contributed by atoms with Gasteiger partial charge in [-0.05, 0) is 35.4 Å². The molecule has 0 unspecified atom stereocenters. The Balaban J connectivity index is 1.92. The van der Waals surface area contributed by atoms with Crippen molar-refractivity contribution >= 4 is 34.4 Å². The average molecular weight is 332 g/mol. The number of imidazole rings is 1. The second-order valence-electron chi connectivity index (χ2n) is 4.73. The highest BCUT2D eigenvalue weighted by atomic mass is 35.5. The zero-order valence-corrected chi connectivity index (χ0v) is 12.6. The van der Waals surface area contributed by atoms with Gasteiger partial charge in [0.25, 0.3) is 0 Å². The quantitative estimate of drug-likeness (QED) is 0.589. The van der Waals surface area contributed by atoms with Crippen LogP contribution in [0.25, 0.3) is 11.2 Å². The smallest absolute Gasteiger partial charge is 0.247 e. The van der Waals surface area contributed by atoms with E-state index in [1.807, 2.05) is 0 Å². The van der Waals surface area contributed by atoms with E-state index in [9.17, 15) is 9.18 Å². The fourth-order valence-corrected chi connectivity index (χ4v) is 2.23. The molecule has 0 spiro atoms. The van der Waals surface area contributed by atoms with Crippen LogP contribution in [-0.4, -0.2) is 25.4 Å². The summed E-state index contributed by atoms with van der Waals surface area (Å²) in [4.78, 5) is 23.5. The van der Waals surface area contributed by atoms with E-state index in [1.165, 1.54) is 12.3 Å². The number of benzene rings is 1. The molecule has 1 amide bonds. The molecule has 3 rings (SSSR count). The van der Waals surface area contributed by atoms with Crippen molar-refractivity contribution in [1.82, 2.24) is 19.5 Å². The van der Waals surface area contributed by atoms with Crippen LogP contribution in [0.1, 0.15) is 5.56 Å². The third kappa shape index (κ3) is 3.19. The maximum atomic E-state index is 13.7. The minimum atomic E-state index is -0.523. The largest absolute Gasteiger partial charge is 0.320 e. The number of carbonyl (C=O) groups is 1. The van der Waals surface area contributed by atoms with Crippen LogP contribution in [0.5, 0.6) is 0 Å². The Morgan fingerprint density at radius 2 is 2.26 bits per heavy atom. The minimum Gasteiger partial charge on any atom is -0.320 e. The van der Waals surface area contributed by atoms with Gasteiger partial charge in [0.1, 0.15) is 11.3 Å². The lowest BCUT2D eigenvalue weighted by atomic mass is 10.2. The Labute approximate surface area is 135 Å². The molecule has 3 aromatic rings. The number of halogens is 2. The number of rotatable bonds is 4. The van der Waals surface area contributed by atoms with Crippen molar-refractivity contribution in [2.24, 2.45) is 0 Å². The number of hydrogen-bond acceptors (Lipinski definition) is 4. The molecular formula is C15H11ClFN5O. The molecule has 2 aromatic heterocycles. The molecule has 0 fully saturated rings. The maximum Gasteiger partial charge on any atom is 0.247 e. The standard InChI is InChI=1S/C15H11ClFN5O/c1-2-13(23)20-11-5-9(3-4-10(11)17)7-22-8-19-12-6-18-15(16)21-14(12)22/h2-6,8H,1,7H2,(H,20,23). The summed E-state index contributed by atoms with van der Waals surface area (Å²) in [5, 5.41) is 2.55. The van der Waals surface area contributed by atoms with Gasteiger partial charge >= 0.3 is 0 Å². The van der Waals surface area contributed by atoms with E-state index in [1.54, 1.807) is 23.0 Å². The van der Waals surface area contributed by atoms with Crippen molar-refractivity contribution in [2.45, 2.75) is 6.54 Å². The monoisotopic (exact) mass is 331 g/mol. The van der Waals surface area contributed by atoms with Crippen molar-refractivity contribution in [1.29, 1.82) is 0 Å². The predicted molar refractivity (Wildman–Crippen MR) is 84.7 cm³/mol. The third-order valence-corrected chi connectivity index (χ3v) is 3.34. The first-order valence-corrected chi connectivity index (χ1v) is 7.00. The van der Waals surface area contributed by atoms with Crippen LogP contribution in [0.3, 0.4) is 0 Å². The number of carbonyl (C=O) groups excluding carboxylic acids is 1. The van der Waals surface area contributed by atoms with Gasteiger partial charge in [0.15, 0.2) is 5.65 Å². The number of hydrogen-bond donors (Lipinski definition) is 1. The summed E-state index contributed by atoms with van der Waals surface area (Å²) in [6.45, 7) is 3.73. The van der Waals surface area contributed by atoms with Gasteiger partial charge in [-0.15, -0.1) is 0 Å². The number of amides is 1. The molecule has 0 saturated heterocycles. The molecule has 0 atom stereocenters. The molecule has 0 aliphatic rings. The third-order valence-electron chi connectivity index (χ3n) is 3.16. The Bertz CT molecular complexity index is 908. The van der Waals surface area contributed by atoms with Gasteiger partial charge in [-0.3, -0.25) is 4.79 Å². The molecule has 0 bridgehead atoms. The van der Waals surface area contributed by atoms with Crippen LogP contribution in [0.4, 0.5) is 10.1 Å². The topological polar surface area (TPSA) is 72.7 Å². The minimum absolute atomic E-state index is 0.0875. The predicted octanol–water partition coefficient (Wildman–Crippen LogP) is 2.79. The summed E-state index contributed by atoms with van der Waals surface area (Å²) in [5.74, 6) is -1.00. The van der Waals surface area contributed by atoms with E-state index < -0.39 is 11.7 Å². The van der Waals surface area contributed by atoms with E-state index >= 15 is 0 Å². The Hall–Kier alpha value is -2.80.